The van der Waals surface area contributed by atoms with Crippen LogP contribution in [0.1, 0.15) is 24.2 Å². The van der Waals surface area contributed by atoms with Crippen LogP contribution in [0.4, 0.5) is 5.95 Å². The van der Waals surface area contributed by atoms with E-state index in [1.54, 1.807) is 0 Å². The highest BCUT2D eigenvalue weighted by molar-refractivity contribution is 5.33. The molecular formula is C13H22N4O. The zero-order chi connectivity index (χ0) is 13.1. The Morgan fingerprint density at radius 2 is 2.00 bits per heavy atom. The van der Waals surface area contributed by atoms with Gasteiger partial charge < -0.3 is 14.9 Å². The van der Waals surface area contributed by atoms with Crippen LogP contribution in [0.2, 0.25) is 0 Å². The average Bonchev–Trinajstić information content (AvgIpc) is 2.38. The summed E-state index contributed by atoms with van der Waals surface area (Å²) in [6, 6.07) is 2.49. The smallest absolute Gasteiger partial charge is 0.225 e. The molecule has 0 atom stereocenters. The third-order valence-corrected chi connectivity index (χ3v) is 3.54. The minimum absolute atomic E-state index is 0.0233. The monoisotopic (exact) mass is 250 g/mol. The summed E-state index contributed by atoms with van der Waals surface area (Å²) in [5.74, 6) is 0.760. The Bertz CT molecular complexity index is 400. The van der Waals surface area contributed by atoms with E-state index in [1.165, 1.54) is 0 Å². The van der Waals surface area contributed by atoms with E-state index in [2.05, 4.69) is 33.9 Å². The van der Waals surface area contributed by atoms with E-state index in [0.717, 1.165) is 37.6 Å². The van der Waals surface area contributed by atoms with E-state index in [1.807, 2.05) is 13.0 Å². The first-order valence-corrected chi connectivity index (χ1v) is 6.47. The standard InChI is InChI=1S/C13H22N4O/c1-10-8-11(9-18)15-13(14-10)17-6-4-12(5-7-17)16(2)3/h8,12,18H,4-7,9H2,1-3H3. The Labute approximate surface area is 108 Å². The summed E-state index contributed by atoms with van der Waals surface area (Å²) in [4.78, 5) is 13.4. The van der Waals surface area contributed by atoms with Crippen molar-refractivity contribution in [3.05, 3.63) is 17.5 Å². The number of aliphatic hydroxyl groups is 1. The average molecular weight is 250 g/mol. The summed E-state index contributed by atoms with van der Waals surface area (Å²) in [5, 5.41) is 9.18. The van der Waals surface area contributed by atoms with Gasteiger partial charge in [-0.25, -0.2) is 9.97 Å². The molecule has 0 radical (unpaired) electrons. The molecule has 1 aromatic heterocycles. The largest absolute Gasteiger partial charge is 0.390 e. The van der Waals surface area contributed by atoms with Crippen molar-refractivity contribution in [3.8, 4) is 0 Å². The molecule has 5 nitrogen and oxygen atoms in total. The SMILES string of the molecule is Cc1cc(CO)nc(N2CCC(N(C)C)CC2)n1. The van der Waals surface area contributed by atoms with Gasteiger partial charge in [0.1, 0.15) is 0 Å². The van der Waals surface area contributed by atoms with E-state index in [-0.39, 0.29) is 6.61 Å². The summed E-state index contributed by atoms with van der Waals surface area (Å²) in [6.07, 6.45) is 2.28. The zero-order valence-corrected chi connectivity index (χ0v) is 11.4. The minimum Gasteiger partial charge on any atom is -0.390 e. The van der Waals surface area contributed by atoms with Crippen molar-refractivity contribution in [1.82, 2.24) is 14.9 Å². The van der Waals surface area contributed by atoms with Gasteiger partial charge in [0.2, 0.25) is 5.95 Å². The third kappa shape index (κ3) is 2.97. The number of piperidine rings is 1. The molecule has 0 spiro atoms. The second kappa shape index (κ2) is 5.63. The van der Waals surface area contributed by atoms with Gasteiger partial charge in [0.15, 0.2) is 0 Å². The van der Waals surface area contributed by atoms with Gasteiger partial charge in [-0.3, -0.25) is 0 Å². The first-order valence-electron chi connectivity index (χ1n) is 6.47. The lowest BCUT2D eigenvalue weighted by Crippen LogP contribution is -2.42. The number of aromatic nitrogens is 2. The normalized spacial score (nSPS) is 17.5. The van der Waals surface area contributed by atoms with Crippen molar-refractivity contribution >= 4 is 5.95 Å². The number of aryl methyl sites for hydroxylation is 1. The Morgan fingerprint density at radius 3 is 2.56 bits per heavy atom. The molecule has 2 heterocycles. The highest BCUT2D eigenvalue weighted by Gasteiger charge is 2.22. The quantitative estimate of drug-likeness (QED) is 0.860. The van der Waals surface area contributed by atoms with Crippen molar-refractivity contribution in [2.75, 3.05) is 32.1 Å². The Morgan fingerprint density at radius 1 is 1.33 bits per heavy atom. The van der Waals surface area contributed by atoms with Crippen molar-refractivity contribution < 1.29 is 5.11 Å². The zero-order valence-electron chi connectivity index (χ0n) is 11.4. The fourth-order valence-electron chi connectivity index (χ4n) is 2.42. The molecule has 0 unspecified atom stereocenters. The summed E-state index contributed by atoms with van der Waals surface area (Å²) in [6.45, 7) is 3.88. The van der Waals surface area contributed by atoms with Gasteiger partial charge in [-0.2, -0.15) is 0 Å². The topological polar surface area (TPSA) is 52.5 Å². The molecule has 1 saturated heterocycles. The molecule has 5 heteroatoms. The van der Waals surface area contributed by atoms with Crippen molar-refractivity contribution in [3.63, 3.8) is 0 Å². The van der Waals surface area contributed by atoms with E-state index in [9.17, 15) is 5.11 Å². The molecule has 1 N–H and O–H groups in total. The maximum absolute atomic E-state index is 9.18. The first kappa shape index (κ1) is 13.2. The van der Waals surface area contributed by atoms with Crippen molar-refractivity contribution in [1.29, 1.82) is 0 Å². The lowest BCUT2D eigenvalue weighted by Gasteiger charge is -2.35. The number of nitrogens with zero attached hydrogens (tertiary/aromatic N) is 4. The lowest BCUT2D eigenvalue weighted by atomic mass is 10.0. The Hall–Kier alpha value is -1.20. The van der Waals surface area contributed by atoms with Gasteiger partial charge in [0.25, 0.3) is 0 Å². The highest BCUT2D eigenvalue weighted by Crippen LogP contribution is 2.19. The van der Waals surface area contributed by atoms with Gasteiger partial charge in [-0.1, -0.05) is 0 Å². The molecule has 0 aromatic carbocycles. The van der Waals surface area contributed by atoms with Crippen LogP contribution in [0.5, 0.6) is 0 Å². The number of hydrogen-bond donors (Lipinski definition) is 1. The van der Waals surface area contributed by atoms with Gasteiger partial charge in [0, 0.05) is 24.8 Å². The number of hydrogen-bond acceptors (Lipinski definition) is 5. The van der Waals surface area contributed by atoms with Crippen LogP contribution in [0.3, 0.4) is 0 Å². The van der Waals surface area contributed by atoms with Crippen LogP contribution in [0.15, 0.2) is 6.07 Å². The molecule has 0 saturated carbocycles. The molecule has 18 heavy (non-hydrogen) atoms. The van der Waals surface area contributed by atoms with E-state index >= 15 is 0 Å². The van der Waals surface area contributed by atoms with E-state index in [0.29, 0.717) is 11.7 Å². The second-order valence-electron chi connectivity index (χ2n) is 5.14. The van der Waals surface area contributed by atoms with E-state index < -0.39 is 0 Å². The van der Waals surface area contributed by atoms with Gasteiger partial charge >= 0.3 is 0 Å². The van der Waals surface area contributed by atoms with E-state index in [4.69, 9.17) is 0 Å². The number of rotatable bonds is 3. The van der Waals surface area contributed by atoms with Crippen molar-refractivity contribution in [2.45, 2.75) is 32.4 Å². The molecular weight excluding hydrogens is 228 g/mol. The predicted molar refractivity (Wildman–Crippen MR) is 71.6 cm³/mol. The minimum atomic E-state index is -0.0233. The second-order valence-corrected chi connectivity index (χ2v) is 5.14. The molecule has 0 bridgehead atoms. The third-order valence-electron chi connectivity index (χ3n) is 3.54. The molecule has 0 amide bonds. The molecule has 100 valence electrons. The maximum atomic E-state index is 9.18. The van der Waals surface area contributed by atoms with Crippen LogP contribution in [0, 0.1) is 6.92 Å². The van der Waals surface area contributed by atoms with Crippen LogP contribution in [0.25, 0.3) is 0 Å². The van der Waals surface area contributed by atoms with Crippen LogP contribution >= 0.6 is 0 Å². The fraction of sp³-hybridized carbons (Fsp3) is 0.692. The van der Waals surface area contributed by atoms with Crippen molar-refractivity contribution in [2.24, 2.45) is 0 Å². The van der Waals surface area contributed by atoms with Gasteiger partial charge in [-0.05, 0) is 39.9 Å². The Kier molecular flexibility index (Phi) is 4.14. The number of anilines is 1. The number of aliphatic hydroxyl groups excluding tert-OH is 1. The summed E-state index contributed by atoms with van der Waals surface area (Å²) < 4.78 is 0. The predicted octanol–water partition coefficient (Wildman–Crippen LogP) is 0.808. The Balaban J connectivity index is 2.07. The summed E-state index contributed by atoms with van der Waals surface area (Å²) in [5.41, 5.74) is 1.62. The van der Waals surface area contributed by atoms with Gasteiger partial charge in [-0.15, -0.1) is 0 Å². The molecule has 1 aromatic rings. The maximum Gasteiger partial charge on any atom is 0.225 e. The highest BCUT2D eigenvalue weighted by atomic mass is 16.3. The first-order chi connectivity index (χ1) is 8.60. The van der Waals surface area contributed by atoms with Crippen LogP contribution in [-0.2, 0) is 6.61 Å². The fourth-order valence-corrected chi connectivity index (χ4v) is 2.42. The van der Waals surface area contributed by atoms with Crippen LogP contribution in [-0.4, -0.2) is 53.2 Å². The molecule has 1 fully saturated rings. The molecule has 2 rings (SSSR count). The van der Waals surface area contributed by atoms with Gasteiger partial charge in [0.05, 0.1) is 12.3 Å². The van der Waals surface area contributed by atoms with Crippen LogP contribution < -0.4 is 4.90 Å². The lowest BCUT2D eigenvalue weighted by molar-refractivity contribution is 0.248. The molecule has 1 aliphatic rings. The molecule has 0 aliphatic carbocycles. The molecule has 1 aliphatic heterocycles. The summed E-state index contributed by atoms with van der Waals surface area (Å²) >= 11 is 0. The summed E-state index contributed by atoms with van der Waals surface area (Å²) in [7, 11) is 4.26.